The first-order valence-electron chi connectivity index (χ1n) is 9.65. The molecule has 1 aromatic rings. The third-order valence-corrected chi connectivity index (χ3v) is 4.95. The summed E-state index contributed by atoms with van der Waals surface area (Å²) < 4.78 is 0. The normalized spacial score (nSPS) is 18.3. The van der Waals surface area contributed by atoms with E-state index in [4.69, 9.17) is 0 Å². The number of amides is 3. The van der Waals surface area contributed by atoms with Crippen LogP contribution in [0.2, 0.25) is 0 Å². The third kappa shape index (κ3) is 4.86. The largest absolute Gasteiger partial charge is 0.353 e. The summed E-state index contributed by atoms with van der Waals surface area (Å²) in [6.45, 7) is 7.53. The lowest BCUT2D eigenvalue weighted by atomic mass is 10.1. The van der Waals surface area contributed by atoms with Crippen molar-refractivity contribution >= 4 is 23.4 Å². The molecule has 3 rings (SSSR count). The van der Waals surface area contributed by atoms with Crippen LogP contribution in [0.15, 0.2) is 24.3 Å². The molecule has 0 unspecified atom stereocenters. The van der Waals surface area contributed by atoms with Crippen LogP contribution in [0.1, 0.15) is 37.0 Å². The summed E-state index contributed by atoms with van der Waals surface area (Å²) in [4.78, 5) is 42.3. The monoisotopic (exact) mass is 372 g/mol. The molecular formula is C20H28N4O3. The Morgan fingerprint density at radius 2 is 1.85 bits per heavy atom. The molecule has 3 amide bonds. The Labute approximate surface area is 160 Å². The number of rotatable bonds is 5. The van der Waals surface area contributed by atoms with Crippen molar-refractivity contribution in [1.82, 2.24) is 15.1 Å². The van der Waals surface area contributed by atoms with Gasteiger partial charge in [-0.2, -0.15) is 0 Å². The SMILES string of the molecule is CC(C)NC(=O)CN1CCN(C(=O)c2cccc(N3CCCC3=O)c2)CC1. The minimum absolute atomic E-state index is 0.0187. The van der Waals surface area contributed by atoms with Crippen molar-refractivity contribution in [3.05, 3.63) is 29.8 Å². The Morgan fingerprint density at radius 3 is 2.48 bits per heavy atom. The number of carbonyl (C=O) groups is 3. The van der Waals surface area contributed by atoms with Crippen LogP contribution < -0.4 is 10.2 Å². The van der Waals surface area contributed by atoms with Crippen molar-refractivity contribution in [3.8, 4) is 0 Å². The van der Waals surface area contributed by atoms with E-state index in [2.05, 4.69) is 10.2 Å². The van der Waals surface area contributed by atoms with Gasteiger partial charge in [0.2, 0.25) is 11.8 Å². The van der Waals surface area contributed by atoms with Gasteiger partial charge in [0.25, 0.3) is 5.91 Å². The molecular weight excluding hydrogens is 344 g/mol. The van der Waals surface area contributed by atoms with E-state index in [1.165, 1.54) is 0 Å². The van der Waals surface area contributed by atoms with E-state index < -0.39 is 0 Å². The van der Waals surface area contributed by atoms with E-state index in [1.807, 2.05) is 36.9 Å². The molecule has 146 valence electrons. The van der Waals surface area contributed by atoms with Gasteiger partial charge >= 0.3 is 0 Å². The number of piperazine rings is 1. The minimum atomic E-state index is -0.0187. The number of anilines is 1. The molecule has 2 fully saturated rings. The predicted molar refractivity (Wildman–Crippen MR) is 104 cm³/mol. The lowest BCUT2D eigenvalue weighted by Gasteiger charge is -2.34. The van der Waals surface area contributed by atoms with E-state index in [0.717, 1.165) is 12.1 Å². The van der Waals surface area contributed by atoms with Gasteiger partial charge in [-0.1, -0.05) is 6.07 Å². The molecule has 0 radical (unpaired) electrons. The second-order valence-electron chi connectivity index (χ2n) is 7.49. The molecule has 2 aliphatic heterocycles. The molecule has 0 aliphatic carbocycles. The van der Waals surface area contributed by atoms with Gasteiger partial charge in [-0.25, -0.2) is 0 Å². The molecule has 0 aromatic heterocycles. The van der Waals surface area contributed by atoms with Crippen molar-refractivity contribution in [1.29, 1.82) is 0 Å². The van der Waals surface area contributed by atoms with Crippen molar-refractivity contribution < 1.29 is 14.4 Å². The summed E-state index contributed by atoms with van der Waals surface area (Å²) in [5, 5.41) is 2.89. The number of hydrogen-bond acceptors (Lipinski definition) is 4. The van der Waals surface area contributed by atoms with Crippen LogP contribution in [-0.4, -0.2) is 72.8 Å². The first-order chi connectivity index (χ1) is 12.9. The van der Waals surface area contributed by atoms with Crippen molar-refractivity contribution in [3.63, 3.8) is 0 Å². The highest BCUT2D eigenvalue weighted by molar-refractivity contribution is 5.99. The summed E-state index contributed by atoms with van der Waals surface area (Å²) in [5.74, 6) is 0.121. The highest BCUT2D eigenvalue weighted by Gasteiger charge is 2.25. The summed E-state index contributed by atoms with van der Waals surface area (Å²) in [5.41, 5.74) is 1.41. The minimum Gasteiger partial charge on any atom is -0.353 e. The topological polar surface area (TPSA) is 73.0 Å². The van der Waals surface area contributed by atoms with E-state index >= 15 is 0 Å². The lowest BCUT2D eigenvalue weighted by molar-refractivity contribution is -0.123. The average Bonchev–Trinajstić information content (AvgIpc) is 3.07. The smallest absolute Gasteiger partial charge is 0.254 e. The maximum absolute atomic E-state index is 12.8. The average molecular weight is 372 g/mol. The Morgan fingerprint density at radius 1 is 1.11 bits per heavy atom. The van der Waals surface area contributed by atoms with Crippen LogP contribution >= 0.6 is 0 Å². The molecule has 7 heteroatoms. The van der Waals surface area contributed by atoms with Crippen LogP contribution in [0, 0.1) is 0 Å². The Hall–Kier alpha value is -2.41. The van der Waals surface area contributed by atoms with Crippen LogP contribution in [0.25, 0.3) is 0 Å². The van der Waals surface area contributed by atoms with Gasteiger partial charge in [0.15, 0.2) is 0 Å². The zero-order valence-corrected chi connectivity index (χ0v) is 16.1. The number of nitrogens with one attached hydrogen (secondary N) is 1. The molecule has 0 saturated carbocycles. The van der Waals surface area contributed by atoms with Crippen molar-refractivity contribution in [2.24, 2.45) is 0 Å². The molecule has 0 bridgehead atoms. The zero-order chi connectivity index (χ0) is 19.4. The number of benzene rings is 1. The molecule has 2 aliphatic rings. The molecule has 1 aromatic carbocycles. The summed E-state index contributed by atoms with van der Waals surface area (Å²) >= 11 is 0. The Balaban J connectivity index is 1.56. The molecule has 2 heterocycles. The maximum Gasteiger partial charge on any atom is 0.254 e. The van der Waals surface area contributed by atoms with E-state index in [1.54, 1.807) is 11.0 Å². The molecule has 1 N–H and O–H groups in total. The first kappa shape index (κ1) is 19.4. The molecule has 27 heavy (non-hydrogen) atoms. The van der Waals surface area contributed by atoms with Crippen LogP contribution in [0.4, 0.5) is 5.69 Å². The first-order valence-corrected chi connectivity index (χ1v) is 9.65. The fraction of sp³-hybridized carbons (Fsp3) is 0.550. The van der Waals surface area contributed by atoms with Gasteiger partial charge in [-0.3, -0.25) is 19.3 Å². The number of hydrogen-bond donors (Lipinski definition) is 1. The number of carbonyl (C=O) groups excluding carboxylic acids is 3. The van der Waals surface area contributed by atoms with Gasteiger partial charge in [0, 0.05) is 56.4 Å². The van der Waals surface area contributed by atoms with Crippen LogP contribution in [0.5, 0.6) is 0 Å². The van der Waals surface area contributed by atoms with E-state index in [-0.39, 0.29) is 23.8 Å². The quantitative estimate of drug-likeness (QED) is 0.840. The molecule has 2 saturated heterocycles. The van der Waals surface area contributed by atoms with Crippen molar-refractivity contribution in [2.45, 2.75) is 32.7 Å². The van der Waals surface area contributed by atoms with Gasteiger partial charge in [0.05, 0.1) is 6.54 Å². The maximum atomic E-state index is 12.8. The second-order valence-corrected chi connectivity index (χ2v) is 7.49. The van der Waals surface area contributed by atoms with Gasteiger partial charge in [-0.05, 0) is 38.5 Å². The van der Waals surface area contributed by atoms with Crippen molar-refractivity contribution in [2.75, 3.05) is 44.2 Å². The Kier molecular flexibility index (Phi) is 6.11. The van der Waals surface area contributed by atoms with Crippen LogP contribution in [0.3, 0.4) is 0 Å². The zero-order valence-electron chi connectivity index (χ0n) is 16.1. The standard InChI is InChI=1S/C20H28N4O3/c1-15(2)21-18(25)14-22-9-11-23(12-10-22)20(27)16-5-3-6-17(13-16)24-8-4-7-19(24)26/h3,5-6,13,15H,4,7-12,14H2,1-2H3,(H,21,25). The summed E-state index contributed by atoms with van der Waals surface area (Å²) in [7, 11) is 0. The molecule has 0 spiro atoms. The summed E-state index contributed by atoms with van der Waals surface area (Å²) in [6, 6.07) is 7.46. The van der Waals surface area contributed by atoms with E-state index in [0.29, 0.717) is 51.3 Å². The fourth-order valence-electron chi connectivity index (χ4n) is 3.59. The fourth-order valence-corrected chi connectivity index (χ4v) is 3.59. The lowest BCUT2D eigenvalue weighted by Crippen LogP contribution is -2.51. The molecule has 7 nitrogen and oxygen atoms in total. The molecule has 0 atom stereocenters. The number of nitrogens with zero attached hydrogens (tertiary/aromatic N) is 3. The summed E-state index contributed by atoms with van der Waals surface area (Å²) in [6.07, 6.45) is 1.44. The van der Waals surface area contributed by atoms with Crippen LogP contribution in [-0.2, 0) is 9.59 Å². The third-order valence-electron chi connectivity index (χ3n) is 4.95. The predicted octanol–water partition coefficient (Wildman–Crippen LogP) is 1.10. The van der Waals surface area contributed by atoms with Gasteiger partial charge < -0.3 is 15.1 Å². The van der Waals surface area contributed by atoms with E-state index in [9.17, 15) is 14.4 Å². The Bertz CT molecular complexity index is 711. The second kappa shape index (κ2) is 8.52. The highest BCUT2D eigenvalue weighted by atomic mass is 16.2. The van der Waals surface area contributed by atoms with Gasteiger partial charge in [-0.15, -0.1) is 0 Å². The highest BCUT2D eigenvalue weighted by Crippen LogP contribution is 2.23. The van der Waals surface area contributed by atoms with Gasteiger partial charge in [0.1, 0.15) is 0 Å².